The molecule has 0 bridgehead atoms. The van der Waals surface area contributed by atoms with Gasteiger partial charge in [0.15, 0.2) is 6.10 Å². The maximum Gasteiger partial charge on any atom is 0.303 e. The Hall–Kier alpha value is -0.753. The van der Waals surface area contributed by atoms with E-state index in [0.29, 0.717) is 0 Å². The van der Waals surface area contributed by atoms with Crippen LogP contribution in [0.25, 0.3) is 0 Å². The smallest absolute Gasteiger partial charge is 0.303 e. The Bertz CT molecular complexity index is 307. The van der Waals surface area contributed by atoms with E-state index in [4.69, 9.17) is 4.74 Å². The van der Waals surface area contributed by atoms with E-state index >= 15 is 0 Å². The zero-order chi connectivity index (χ0) is 14.7. The van der Waals surface area contributed by atoms with E-state index in [2.05, 4.69) is 38.0 Å². The van der Waals surface area contributed by atoms with E-state index in [9.17, 15) is 4.79 Å². The molecule has 0 heterocycles. The minimum Gasteiger partial charge on any atom is -0.449 e. The normalized spacial score (nSPS) is 12.5. The van der Waals surface area contributed by atoms with Gasteiger partial charge in [0.1, 0.15) is 8.07 Å². The lowest BCUT2D eigenvalue weighted by Gasteiger charge is -2.12. The summed E-state index contributed by atoms with van der Waals surface area (Å²) in [4.78, 5) is 11.1. The van der Waals surface area contributed by atoms with Crippen molar-refractivity contribution in [2.45, 2.75) is 84.5 Å². The monoisotopic (exact) mass is 282 g/mol. The summed E-state index contributed by atoms with van der Waals surface area (Å²) in [5.74, 6) is 2.94. The summed E-state index contributed by atoms with van der Waals surface area (Å²) >= 11 is 0. The quantitative estimate of drug-likeness (QED) is 0.282. The fourth-order valence-electron chi connectivity index (χ4n) is 1.77. The molecule has 0 spiro atoms. The SMILES string of the molecule is CCCCCCCCC(C#C[Si](C)(C)C)OC(C)=O. The van der Waals surface area contributed by atoms with Gasteiger partial charge in [0, 0.05) is 6.92 Å². The van der Waals surface area contributed by atoms with Gasteiger partial charge in [-0.3, -0.25) is 4.79 Å². The third-order valence-corrected chi connectivity index (χ3v) is 3.63. The molecule has 0 aliphatic carbocycles. The number of hydrogen-bond donors (Lipinski definition) is 0. The summed E-state index contributed by atoms with van der Waals surface area (Å²) in [6.45, 7) is 10.3. The molecule has 0 aromatic rings. The fraction of sp³-hybridized carbons (Fsp3) is 0.812. The van der Waals surface area contributed by atoms with Crippen molar-refractivity contribution in [3.63, 3.8) is 0 Å². The van der Waals surface area contributed by atoms with Gasteiger partial charge in [0.25, 0.3) is 0 Å². The molecule has 2 nitrogen and oxygen atoms in total. The van der Waals surface area contributed by atoms with Crippen LogP contribution in [0.5, 0.6) is 0 Å². The lowest BCUT2D eigenvalue weighted by molar-refractivity contribution is -0.144. The first kappa shape index (κ1) is 18.2. The second-order valence-electron chi connectivity index (χ2n) is 6.17. The molecule has 0 N–H and O–H groups in total. The lowest BCUT2D eigenvalue weighted by Crippen LogP contribution is -2.20. The van der Waals surface area contributed by atoms with Crippen LogP contribution < -0.4 is 0 Å². The van der Waals surface area contributed by atoms with E-state index in [-0.39, 0.29) is 12.1 Å². The molecule has 3 heteroatoms. The molecule has 0 saturated heterocycles. The van der Waals surface area contributed by atoms with Gasteiger partial charge in [0.2, 0.25) is 0 Å². The average Bonchev–Trinajstić information content (AvgIpc) is 2.28. The molecule has 1 atom stereocenters. The maximum atomic E-state index is 11.1. The summed E-state index contributed by atoms with van der Waals surface area (Å²) in [6.07, 6.45) is 8.19. The number of unbranched alkanes of at least 4 members (excludes halogenated alkanes) is 5. The molecule has 0 saturated carbocycles. The average molecular weight is 282 g/mol. The fourth-order valence-corrected chi connectivity index (χ4v) is 2.36. The zero-order valence-electron chi connectivity index (χ0n) is 13.3. The minimum absolute atomic E-state index is 0.199. The van der Waals surface area contributed by atoms with Crippen LogP contribution in [0.4, 0.5) is 0 Å². The van der Waals surface area contributed by atoms with E-state index < -0.39 is 8.07 Å². The van der Waals surface area contributed by atoms with Gasteiger partial charge in [-0.25, -0.2) is 0 Å². The lowest BCUT2D eigenvalue weighted by atomic mass is 10.1. The Labute approximate surface area is 120 Å². The number of esters is 1. The molecular formula is C16H30O2Si. The second kappa shape index (κ2) is 10.1. The van der Waals surface area contributed by atoms with E-state index in [1.165, 1.54) is 39.0 Å². The van der Waals surface area contributed by atoms with E-state index in [1.54, 1.807) is 0 Å². The van der Waals surface area contributed by atoms with Crippen molar-refractivity contribution in [3.8, 4) is 11.5 Å². The van der Waals surface area contributed by atoms with E-state index in [1.807, 2.05) is 0 Å². The highest BCUT2D eigenvalue weighted by Crippen LogP contribution is 2.11. The van der Waals surface area contributed by atoms with Crippen molar-refractivity contribution < 1.29 is 9.53 Å². The van der Waals surface area contributed by atoms with Crippen LogP contribution in [0, 0.1) is 11.5 Å². The molecule has 0 aliphatic rings. The van der Waals surface area contributed by atoms with Crippen LogP contribution in [0.2, 0.25) is 19.6 Å². The van der Waals surface area contributed by atoms with Gasteiger partial charge in [-0.05, 0) is 12.8 Å². The van der Waals surface area contributed by atoms with Gasteiger partial charge in [-0.15, -0.1) is 5.54 Å². The van der Waals surface area contributed by atoms with Gasteiger partial charge >= 0.3 is 5.97 Å². The van der Waals surface area contributed by atoms with Crippen molar-refractivity contribution in [1.82, 2.24) is 0 Å². The molecule has 0 aromatic carbocycles. The Morgan fingerprint density at radius 1 is 1.11 bits per heavy atom. The Kier molecular flexibility index (Phi) is 9.68. The van der Waals surface area contributed by atoms with Crippen molar-refractivity contribution in [1.29, 1.82) is 0 Å². The number of hydrogen-bond acceptors (Lipinski definition) is 2. The van der Waals surface area contributed by atoms with Gasteiger partial charge in [-0.2, -0.15) is 0 Å². The van der Waals surface area contributed by atoms with Crippen LogP contribution in [-0.4, -0.2) is 20.1 Å². The van der Waals surface area contributed by atoms with Crippen molar-refractivity contribution >= 4 is 14.0 Å². The van der Waals surface area contributed by atoms with Crippen LogP contribution >= 0.6 is 0 Å². The number of carbonyl (C=O) groups is 1. The topological polar surface area (TPSA) is 26.3 Å². The van der Waals surface area contributed by atoms with Gasteiger partial charge < -0.3 is 4.74 Å². The summed E-state index contributed by atoms with van der Waals surface area (Å²) in [7, 11) is -1.39. The predicted molar refractivity (Wildman–Crippen MR) is 84.7 cm³/mol. The van der Waals surface area contributed by atoms with Crippen LogP contribution in [0.3, 0.4) is 0 Å². The van der Waals surface area contributed by atoms with E-state index in [0.717, 1.165) is 12.8 Å². The third kappa shape index (κ3) is 13.5. The minimum atomic E-state index is -1.39. The number of carbonyl (C=O) groups excluding carboxylic acids is 1. The zero-order valence-corrected chi connectivity index (χ0v) is 14.3. The van der Waals surface area contributed by atoms with Crippen molar-refractivity contribution in [2.24, 2.45) is 0 Å². The molecule has 0 aromatic heterocycles. The molecule has 0 amide bonds. The summed E-state index contributed by atoms with van der Waals surface area (Å²) < 4.78 is 5.28. The van der Waals surface area contributed by atoms with Crippen LogP contribution in [0.1, 0.15) is 58.8 Å². The summed E-state index contributed by atoms with van der Waals surface area (Å²) in [5.41, 5.74) is 3.30. The van der Waals surface area contributed by atoms with Crippen LogP contribution in [-0.2, 0) is 9.53 Å². The molecule has 1 unspecified atom stereocenters. The standard InChI is InChI=1S/C16H30O2Si/c1-6-7-8-9-10-11-12-16(18-15(2)17)13-14-19(3,4)5/h16H,6-12H2,1-5H3. The first-order valence-electron chi connectivity index (χ1n) is 7.55. The highest BCUT2D eigenvalue weighted by Gasteiger charge is 2.12. The molecule has 0 aliphatic heterocycles. The largest absolute Gasteiger partial charge is 0.449 e. The highest BCUT2D eigenvalue weighted by atomic mass is 28.3. The third-order valence-electron chi connectivity index (χ3n) is 2.74. The molecule has 0 rings (SSSR count). The van der Waals surface area contributed by atoms with Gasteiger partial charge in [-0.1, -0.05) is 64.6 Å². The molecule has 0 radical (unpaired) electrons. The number of rotatable bonds is 8. The molecule has 0 fully saturated rings. The Morgan fingerprint density at radius 3 is 2.21 bits per heavy atom. The molecular weight excluding hydrogens is 252 g/mol. The van der Waals surface area contributed by atoms with Crippen LogP contribution in [0.15, 0.2) is 0 Å². The first-order valence-corrected chi connectivity index (χ1v) is 11.0. The Balaban J connectivity index is 4.06. The summed E-state index contributed by atoms with van der Waals surface area (Å²) in [5, 5.41) is 0. The van der Waals surface area contributed by atoms with Gasteiger partial charge in [0.05, 0.1) is 0 Å². The first-order chi connectivity index (χ1) is 8.85. The maximum absolute atomic E-state index is 11.1. The second-order valence-corrected chi connectivity index (χ2v) is 10.9. The predicted octanol–water partition coefficient (Wildman–Crippen LogP) is 4.55. The molecule has 110 valence electrons. The highest BCUT2D eigenvalue weighted by molar-refractivity contribution is 6.83. The Morgan fingerprint density at radius 2 is 1.68 bits per heavy atom. The van der Waals surface area contributed by atoms with Crippen molar-refractivity contribution in [3.05, 3.63) is 0 Å². The van der Waals surface area contributed by atoms with Crippen molar-refractivity contribution in [2.75, 3.05) is 0 Å². The summed E-state index contributed by atoms with van der Waals surface area (Å²) in [6, 6.07) is 0. The number of ether oxygens (including phenoxy) is 1. The molecule has 19 heavy (non-hydrogen) atoms.